The summed E-state index contributed by atoms with van der Waals surface area (Å²) in [7, 11) is 0. The summed E-state index contributed by atoms with van der Waals surface area (Å²) in [4.78, 5) is 0. The molecule has 0 heterocycles. The highest BCUT2D eigenvalue weighted by Gasteiger charge is 2.01. The van der Waals surface area contributed by atoms with Crippen molar-refractivity contribution in [2.45, 2.75) is 40.0 Å². The average Bonchev–Trinajstić information content (AvgIpc) is 2.29. The van der Waals surface area contributed by atoms with Gasteiger partial charge in [0.2, 0.25) is 0 Å². The molecule has 17 heavy (non-hydrogen) atoms. The lowest BCUT2D eigenvalue weighted by Crippen LogP contribution is -2.05. The average molecular weight is 231 g/mol. The number of aryl methyl sites for hydroxylation is 1. The number of unbranched alkanes of at least 4 members (excludes halogenated alkanes) is 1. The van der Waals surface area contributed by atoms with Crippen LogP contribution in [0.1, 0.15) is 37.8 Å². The second-order valence-electron chi connectivity index (χ2n) is 4.29. The van der Waals surface area contributed by atoms with Crippen molar-refractivity contribution in [3.8, 4) is 0 Å². The Bertz CT molecular complexity index is 390. The zero-order valence-corrected chi connectivity index (χ0v) is 10.9. The van der Waals surface area contributed by atoms with Gasteiger partial charge in [0.05, 0.1) is 5.76 Å². The zero-order valence-electron chi connectivity index (χ0n) is 10.9. The molecule has 92 valence electrons. The van der Waals surface area contributed by atoms with E-state index in [1.807, 2.05) is 25.1 Å². The predicted molar refractivity (Wildman–Crippen MR) is 72.4 cm³/mol. The summed E-state index contributed by atoms with van der Waals surface area (Å²) in [6, 6.07) is 8.20. The van der Waals surface area contributed by atoms with Crippen molar-refractivity contribution >= 4 is 5.90 Å². The molecule has 0 fully saturated rings. The van der Waals surface area contributed by atoms with E-state index < -0.39 is 0 Å². The van der Waals surface area contributed by atoms with Gasteiger partial charge in [0.25, 0.3) is 0 Å². The minimum Gasteiger partial charge on any atom is -0.448 e. The summed E-state index contributed by atoms with van der Waals surface area (Å²) < 4.78 is 5.43. The molecule has 0 atom stereocenters. The largest absolute Gasteiger partial charge is 0.448 e. The summed E-state index contributed by atoms with van der Waals surface area (Å²) in [6.45, 7) is 6.09. The molecule has 0 radical (unpaired) electrons. The van der Waals surface area contributed by atoms with Crippen LogP contribution in [0.3, 0.4) is 0 Å². The van der Waals surface area contributed by atoms with Crippen LogP contribution in [0, 0.1) is 12.3 Å². The van der Waals surface area contributed by atoms with Crippen LogP contribution in [0.15, 0.2) is 36.1 Å². The van der Waals surface area contributed by atoms with Gasteiger partial charge in [-0.2, -0.15) is 0 Å². The molecule has 2 heteroatoms. The highest BCUT2D eigenvalue weighted by Crippen LogP contribution is 2.07. The van der Waals surface area contributed by atoms with Gasteiger partial charge < -0.3 is 4.74 Å². The lowest BCUT2D eigenvalue weighted by Gasteiger charge is -2.07. The Labute approximate surface area is 104 Å². The first kappa shape index (κ1) is 13.5. The standard InChI is InChI=1S/C15H21NO/c1-4-5-6-13(3)17-15(16)11-14-9-7-12(2)8-10-14/h6-10,16H,4-5,11H2,1-3H3/b13-6-,16-15?. The van der Waals surface area contributed by atoms with E-state index in [4.69, 9.17) is 10.1 Å². The normalized spacial score (nSPS) is 11.4. The molecule has 2 nitrogen and oxygen atoms in total. The van der Waals surface area contributed by atoms with E-state index in [2.05, 4.69) is 26.0 Å². The summed E-state index contributed by atoms with van der Waals surface area (Å²) in [5.41, 5.74) is 2.35. The first-order valence-electron chi connectivity index (χ1n) is 6.09. The first-order chi connectivity index (χ1) is 8.11. The van der Waals surface area contributed by atoms with Crippen LogP contribution in [-0.2, 0) is 11.2 Å². The maximum absolute atomic E-state index is 7.78. The fourth-order valence-corrected chi connectivity index (χ4v) is 1.51. The van der Waals surface area contributed by atoms with Crippen molar-refractivity contribution in [3.63, 3.8) is 0 Å². The van der Waals surface area contributed by atoms with Crippen LogP contribution in [0.25, 0.3) is 0 Å². The molecule has 1 rings (SSSR count). The van der Waals surface area contributed by atoms with Gasteiger partial charge in [-0.3, -0.25) is 5.41 Å². The third-order valence-corrected chi connectivity index (χ3v) is 2.49. The van der Waals surface area contributed by atoms with E-state index in [0.29, 0.717) is 12.3 Å². The summed E-state index contributed by atoms with van der Waals surface area (Å²) >= 11 is 0. The summed E-state index contributed by atoms with van der Waals surface area (Å²) in [5.74, 6) is 1.13. The van der Waals surface area contributed by atoms with Crippen molar-refractivity contribution in [3.05, 3.63) is 47.2 Å². The van der Waals surface area contributed by atoms with E-state index in [1.54, 1.807) is 0 Å². The maximum atomic E-state index is 7.78. The molecule has 0 aliphatic rings. The topological polar surface area (TPSA) is 33.1 Å². The molecule has 0 amide bonds. The highest BCUT2D eigenvalue weighted by atomic mass is 16.5. The first-order valence-corrected chi connectivity index (χ1v) is 6.09. The second-order valence-corrected chi connectivity index (χ2v) is 4.29. The number of nitrogens with one attached hydrogen (secondary N) is 1. The Morgan fingerprint density at radius 2 is 1.94 bits per heavy atom. The van der Waals surface area contributed by atoms with Crippen LogP contribution in [-0.4, -0.2) is 5.90 Å². The van der Waals surface area contributed by atoms with Gasteiger partial charge in [-0.15, -0.1) is 0 Å². The van der Waals surface area contributed by atoms with Crippen LogP contribution < -0.4 is 0 Å². The molecular weight excluding hydrogens is 210 g/mol. The van der Waals surface area contributed by atoms with E-state index >= 15 is 0 Å². The lowest BCUT2D eigenvalue weighted by molar-refractivity contribution is 0.401. The molecule has 0 spiro atoms. The summed E-state index contributed by atoms with van der Waals surface area (Å²) in [6.07, 6.45) is 4.69. The Kier molecular flexibility index (Phi) is 5.47. The van der Waals surface area contributed by atoms with E-state index in [-0.39, 0.29) is 0 Å². The van der Waals surface area contributed by atoms with Gasteiger partial charge >= 0.3 is 0 Å². The number of hydrogen-bond donors (Lipinski definition) is 1. The van der Waals surface area contributed by atoms with Gasteiger partial charge in [-0.05, 0) is 31.9 Å². The fraction of sp³-hybridized carbons (Fsp3) is 0.400. The predicted octanol–water partition coefficient (Wildman–Crippen LogP) is 4.24. The molecule has 0 saturated carbocycles. The molecule has 0 bridgehead atoms. The Hall–Kier alpha value is -1.57. The summed E-state index contributed by atoms with van der Waals surface area (Å²) in [5, 5.41) is 7.78. The quantitative estimate of drug-likeness (QED) is 0.459. The molecule has 0 saturated heterocycles. The third kappa shape index (κ3) is 5.34. The fourth-order valence-electron chi connectivity index (χ4n) is 1.51. The van der Waals surface area contributed by atoms with Gasteiger partial charge in [-0.25, -0.2) is 0 Å². The highest BCUT2D eigenvalue weighted by molar-refractivity contribution is 5.76. The van der Waals surface area contributed by atoms with Crippen LogP contribution in [0.2, 0.25) is 0 Å². The van der Waals surface area contributed by atoms with Gasteiger partial charge in [0, 0.05) is 6.42 Å². The van der Waals surface area contributed by atoms with Crippen molar-refractivity contribution in [2.24, 2.45) is 0 Å². The number of allylic oxidation sites excluding steroid dienone is 2. The van der Waals surface area contributed by atoms with Crippen molar-refractivity contribution in [1.82, 2.24) is 0 Å². The number of rotatable bonds is 5. The van der Waals surface area contributed by atoms with Crippen LogP contribution >= 0.6 is 0 Å². The molecule has 1 aromatic carbocycles. The molecule has 1 N–H and O–H groups in total. The maximum Gasteiger partial charge on any atom is 0.191 e. The second kappa shape index (κ2) is 6.89. The molecule has 0 unspecified atom stereocenters. The molecular formula is C15H21NO. The SMILES string of the molecule is CCC/C=C(/C)OC(=N)Cc1ccc(C)cc1. The zero-order chi connectivity index (χ0) is 12.7. The van der Waals surface area contributed by atoms with E-state index in [1.165, 1.54) is 5.56 Å². The van der Waals surface area contributed by atoms with Gasteiger partial charge in [0.15, 0.2) is 5.90 Å². The molecule has 0 aromatic heterocycles. The van der Waals surface area contributed by atoms with E-state index in [0.717, 1.165) is 24.2 Å². The van der Waals surface area contributed by atoms with E-state index in [9.17, 15) is 0 Å². The number of benzene rings is 1. The minimum absolute atomic E-state index is 0.304. The Morgan fingerprint density at radius 3 is 2.53 bits per heavy atom. The molecule has 0 aliphatic heterocycles. The van der Waals surface area contributed by atoms with Crippen molar-refractivity contribution in [2.75, 3.05) is 0 Å². The Morgan fingerprint density at radius 1 is 1.29 bits per heavy atom. The number of hydrogen-bond acceptors (Lipinski definition) is 2. The van der Waals surface area contributed by atoms with Crippen molar-refractivity contribution < 1.29 is 4.74 Å². The number of ether oxygens (including phenoxy) is 1. The minimum atomic E-state index is 0.304. The molecule has 0 aliphatic carbocycles. The smallest absolute Gasteiger partial charge is 0.191 e. The van der Waals surface area contributed by atoms with Crippen molar-refractivity contribution in [1.29, 1.82) is 5.41 Å². The lowest BCUT2D eigenvalue weighted by atomic mass is 10.1. The Balaban J connectivity index is 2.47. The van der Waals surface area contributed by atoms with Crippen LogP contribution in [0.5, 0.6) is 0 Å². The third-order valence-electron chi connectivity index (χ3n) is 2.49. The van der Waals surface area contributed by atoms with Gasteiger partial charge in [0.1, 0.15) is 0 Å². The van der Waals surface area contributed by atoms with Gasteiger partial charge in [-0.1, -0.05) is 43.2 Å². The van der Waals surface area contributed by atoms with Crippen LogP contribution in [0.4, 0.5) is 0 Å². The molecule has 1 aromatic rings. The monoisotopic (exact) mass is 231 g/mol.